The van der Waals surface area contributed by atoms with Gasteiger partial charge in [0.15, 0.2) is 0 Å². The third kappa shape index (κ3) is 5.22. The summed E-state index contributed by atoms with van der Waals surface area (Å²) in [4.78, 5) is 0. The molecule has 0 amide bonds. The maximum absolute atomic E-state index is 6.29. The van der Waals surface area contributed by atoms with Gasteiger partial charge in [-0.2, -0.15) is 0 Å². The number of rotatable bonds is 8. The SMILES string of the molecule is CCCCOc1cc(OCc2ccccc2)ccc1C1=Cc2ccc3c(c2OC1)C=CC(C)(C)O3. The van der Waals surface area contributed by atoms with Gasteiger partial charge in [-0.3, -0.25) is 0 Å². The van der Waals surface area contributed by atoms with Crippen LogP contribution in [0, 0.1) is 0 Å². The van der Waals surface area contributed by atoms with E-state index in [-0.39, 0.29) is 5.60 Å². The van der Waals surface area contributed by atoms with Gasteiger partial charge in [0, 0.05) is 22.8 Å². The van der Waals surface area contributed by atoms with Gasteiger partial charge >= 0.3 is 0 Å². The normalized spacial score (nSPS) is 15.2. The number of hydrogen-bond donors (Lipinski definition) is 0. The molecule has 0 atom stereocenters. The standard InChI is InChI=1S/C31H32O4/c1-4-5-17-32-29-19-25(33-20-22-9-7-6-8-10-22)12-13-26(29)24-18-23-11-14-28-27(30(23)34-21-24)15-16-31(2,3)35-28/h6-16,18-19H,4-5,17,20-21H2,1-3H3. The monoisotopic (exact) mass is 468 g/mol. The van der Waals surface area contributed by atoms with Crippen molar-refractivity contribution in [1.29, 1.82) is 0 Å². The second-order valence-electron chi connectivity index (χ2n) is 9.53. The molecular formula is C31H32O4. The maximum atomic E-state index is 6.29. The zero-order valence-corrected chi connectivity index (χ0v) is 20.7. The van der Waals surface area contributed by atoms with Crippen molar-refractivity contribution in [3.8, 4) is 23.0 Å². The van der Waals surface area contributed by atoms with Gasteiger partial charge in [-0.05, 0) is 68.3 Å². The van der Waals surface area contributed by atoms with Gasteiger partial charge in [-0.15, -0.1) is 0 Å². The quantitative estimate of drug-likeness (QED) is 0.320. The van der Waals surface area contributed by atoms with E-state index in [1.807, 2.05) is 36.4 Å². The van der Waals surface area contributed by atoms with Crippen LogP contribution in [0.15, 0.2) is 66.7 Å². The zero-order chi connectivity index (χ0) is 24.3. The number of hydrogen-bond acceptors (Lipinski definition) is 4. The van der Waals surface area contributed by atoms with E-state index >= 15 is 0 Å². The third-order valence-electron chi connectivity index (χ3n) is 6.22. The molecule has 2 aliphatic rings. The van der Waals surface area contributed by atoms with Crippen LogP contribution in [-0.2, 0) is 6.61 Å². The number of ether oxygens (including phenoxy) is 4. The van der Waals surface area contributed by atoms with Crippen LogP contribution >= 0.6 is 0 Å². The summed E-state index contributed by atoms with van der Waals surface area (Å²) in [5.74, 6) is 3.34. The molecule has 35 heavy (non-hydrogen) atoms. The minimum Gasteiger partial charge on any atom is -0.493 e. The van der Waals surface area contributed by atoms with Crippen LogP contribution in [0.2, 0.25) is 0 Å². The predicted molar refractivity (Wildman–Crippen MR) is 141 cm³/mol. The summed E-state index contributed by atoms with van der Waals surface area (Å²) < 4.78 is 24.7. The van der Waals surface area contributed by atoms with E-state index in [2.05, 4.69) is 63.3 Å². The van der Waals surface area contributed by atoms with Gasteiger partial charge < -0.3 is 18.9 Å². The average Bonchev–Trinajstić information content (AvgIpc) is 2.87. The fraction of sp³-hybridized carbons (Fsp3) is 0.290. The summed E-state index contributed by atoms with van der Waals surface area (Å²) in [5.41, 5.74) is 4.98. The summed E-state index contributed by atoms with van der Waals surface area (Å²) in [6.07, 6.45) is 8.46. The summed E-state index contributed by atoms with van der Waals surface area (Å²) in [6.45, 7) is 7.93. The predicted octanol–water partition coefficient (Wildman–Crippen LogP) is 7.56. The van der Waals surface area contributed by atoms with E-state index in [9.17, 15) is 0 Å². The molecule has 0 radical (unpaired) electrons. The van der Waals surface area contributed by atoms with Gasteiger partial charge in [0.2, 0.25) is 0 Å². The molecule has 0 bridgehead atoms. The Balaban J connectivity index is 1.43. The highest BCUT2D eigenvalue weighted by molar-refractivity contribution is 5.90. The highest BCUT2D eigenvalue weighted by Gasteiger charge is 2.27. The van der Waals surface area contributed by atoms with Crippen molar-refractivity contribution in [2.45, 2.75) is 45.8 Å². The van der Waals surface area contributed by atoms with Crippen LogP contribution < -0.4 is 18.9 Å². The van der Waals surface area contributed by atoms with Crippen molar-refractivity contribution in [2.75, 3.05) is 13.2 Å². The molecule has 0 saturated carbocycles. The van der Waals surface area contributed by atoms with Gasteiger partial charge in [0.05, 0.1) is 12.2 Å². The van der Waals surface area contributed by atoms with E-state index in [0.717, 1.165) is 63.7 Å². The molecule has 3 aromatic carbocycles. The van der Waals surface area contributed by atoms with E-state index in [1.54, 1.807) is 0 Å². The number of benzene rings is 3. The van der Waals surface area contributed by atoms with Gasteiger partial charge in [0.25, 0.3) is 0 Å². The lowest BCUT2D eigenvalue weighted by atomic mass is 9.95. The van der Waals surface area contributed by atoms with Crippen molar-refractivity contribution in [3.63, 3.8) is 0 Å². The van der Waals surface area contributed by atoms with Crippen molar-refractivity contribution >= 4 is 17.7 Å². The minimum absolute atomic E-state index is 0.314. The first-order chi connectivity index (χ1) is 17.0. The fourth-order valence-electron chi connectivity index (χ4n) is 4.30. The molecule has 0 N–H and O–H groups in total. The highest BCUT2D eigenvalue weighted by Crippen LogP contribution is 2.43. The average molecular weight is 469 g/mol. The molecule has 0 saturated heterocycles. The Bertz CT molecular complexity index is 1250. The molecule has 3 aromatic rings. The van der Waals surface area contributed by atoms with Crippen LogP contribution in [0.3, 0.4) is 0 Å². The molecule has 0 fully saturated rings. The van der Waals surface area contributed by atoms with Crippen LogP contribution in [0.5, 0.6) is 23.0 Å². The topological polar surface area (TPSA) is 36.9 Å². The molecule has 0 spiro atoms. The lowest BCUT2D eigenvalue weighted by Crippen LogP contribution is -2.27. The smallest absolute Gasteiger partial charge is 0.137 e. The van der Waals surface area contributed by atoms with Gasteiger partial charge in [-0.25, -0.2) is 0 Å². The molecule has 180 valence electrons. The molecule has 2 aliphatic heterocycles. The number of unbranched alkanes of at least 4 members (excludes halogenated alkanes) is 1. The van der Waals surface area contributed by atoms with E-state index < -0.39 is 0 Å². The van der Waals surface area contributed by atoms with Gasteiger partial charge in [0.1, 0.15) is 41.8 Å². The molecule has 2 heterocycles. The molecule has 0 aliphatic carbocycles. The lowest BCUT2D eigenvalue weighted by molar-refractivity contribution is 0.158. The first-order valence-corrected chi connectivity index (χ1v) is 12.3. The van der Waals surface area contributed by atoms with Crippen LogP contribution in [-0.4, -0.2) is 18.8 Å². The summed E-state index contributed by atoms with van der Waals surface area (Å²) in [7, 11) is 0. The first kappa shape index (κ1) is 23.1. The largest absolute Gasteiger partial charge is 0.493 e. The van der Waals surface area contributed by atoms with Crippen LogP contribution in [0.25, 0.3) is 17.7 Å². The lowest BCUT2D eigenvalue weighted by Gasteiger charge is -2.30. The molecule has 0 unspecified atom stereocenters. The zero-order valence-electron chi connectivity index (χ0n) is 20.7. The Hall–Kier alpha value is -3.66. The van der Waals surface area contributed by atoms with Crippen molar-refractivity contribution in [1.82, 2.24) is 0 Å². The Morgan fingerprint density at radius 2 is 1.83 bits per heavy atom. The van der Waals surface area contributed by atoms with Gasteiger partial charge in [-0.1, -0.05) is 43.7 Å². The molecule has 0 aromatic heterocycles. The van der Waals surface area contributed by atoms with Crippen LogP contribution in [0.4, 0.5) is 0 Å². The Labute approximate surface area is 207 Å². The molecular weight excluding hydrogens is 436 g/mol. The van der Waals surface area contributed by atoms with Crippen molar-refractivity contribution in [3.05, 3.63) is 89.0 Å². The highest BCUT2D eigenvalue weighted by atomic mass is 16.5. The second-order valence-corrected chi connectivity index (χ2v) is 9.53. The summed E-state index contributed by atoms with van der Waals surface area (Å²) in [5, 5.41) is 0. The molecule has 4 nitrogen and oxygen atoms in total. The molecule has 4 heteroatoms. The van der Waals surface area contributed by atoms with Crippen molar-refractivity contribution in [2.24, 2.45) is 0 Å². The van der Waals surface area contributed by atoms with E-state index in [4.69, 9.17) is 18.9 Å². The molecule has 5 rings (SSSR count). The van der Waals surface area contributed by atoms with E-state index in [0.29, 0.717) is 19.8 Å². The maximum Gasteiger partial charge on any atom is 0.137 e. The Morgan fingerprint density at radius 1 is 0.971 bits per heavy atom. The fourth-order valence-corrected chi connectivity index (χ4v) is 4.30. The minimum atomic E-state index is -0.314. The summed E-state index contributed by atoms with van der Waals surface area (Å²) >= 11 is 0. The van der Waals surface area contributed by atoms with E-state index in [1.165, 1.54) is 0 Å². The Morgan fingerprint density at radius 3 is 2.66 bits per heavy atom. The Kier molecular flexibility index (Phi) is 6.54. The first-order valence-electron chi connectivity index (χ1n) is 12.3. The summed E-state index contributed by atoms with van der Waals surface area (Å²) in [6, 6.07) is 20.4. The van der Waals surface area contributed by atoms with Crippen molar-refractivity contribution < 1.29 is 18.9 Å². The third-order valence-corrected chi connectivity index (χ3v) is 6.22. The number of fused-ring (bicyclic) bond motifs is 3. The second kappa shape index (κ2) is 9.91. The van der Waals surface area contributed by atoms with Crippen LogP contribution in [0.1, 0.15) is 55.9 Å².